The number of piperidine rings is 1. The smallest absolute Gasteiger partial charge is 0.269 e. The van der Waals surface area contributed by atoms with Crippen LogP contribution in [0.2, 0.25) is 0 Å². The van der Waals surface area contributed by atoms with Crippen molar-refractivity contribution in [3.8, 4) is 0 Å². The molecule has 2 N–H and O–H groups in total. The molecule has 2 heterocycles. The van der Waals surface area contributed by atoms with Crippen LogP contribution in [-0.4, -0.2) is 66.9 Å². The van der Waals surface area contributed by atoms with E-state index in [0.29, 0.717) is 17.7 Å². The van der Waals surface area contributed by atoms with Gasteiger partial charge >= 0.3 is 0 Å². The van der Waals surface area contributed by atoms with Gasteiger partial charge in [0.05, 0.1) is 10.5 Å². The van der Waals surface area contributed by atoms with Crippen molar-refractivity contribution in [2.24, 2.45) is 0 Å². The van der Waals surface area contributed by atoms with Crippen molar-refractivity contribution < 1.29 is 14.5 Å². The molecule has 9 heteroatoms. The van der Waals surface area contributed by atoms with Gasteiger partial charge in [-0.25, -0.2) is 0 Å². The molecular weight excluding hydrogens is 434 g/mol. The van der Waals surface area contributed by atoms with Crippen LogP contribution in [0.25, 0.3) is 0 Å². The Morgan fingerprint density at radius 2 is 1.62 bits per heavy atom. The van der Waals surface area contributed by atoms with E-state index in [4.69, 9.17) is 0 Å². The van der Waals surface area contributed by atoms with E-state index in [1.807, 2.05) is 24.3 Å². The van der Waals surface area contributed by atoms with E-state index < -0.39 is 4.92 Å². The number of nitrogens with one attached hydrogen (secondary N) is 2. The summed E-state index contributed by atoms with van der Waals surface area (Å²) in [5, 5.41) is 16.9. The maximum atomic E-state index is 12.9. The monoisotopic (exact) mass is 465 g/mol. The van der Waals surface area contributed by atoms with Crippen molar-refractivity contribution in [2.75, 3.05) is 44.2 Å². The van der Waals surface area contributed by atoms with Crippen molar-refractivity contribution in [2.45, 2.75) is 31.7 Å². The number of carbonyl (C=O) groups is 2. The zero-order chi connectivity index (χ0) is 23.9. The van der Waals surface area contributed by atoms with Gasteiger partial charge in [0.25, 0.3) is 17.5 Å². The van der Waals surface area contributed by atoms with Gasteiger partial charge < -0.3 is 20.4 Å². The molecule has 0 aliphatic carbocycles. The van der Waals surface area contributed by atoms with Crippen LogP contribution in [0.4, 0.5) is 11.4 Å². The fourth-order valence-electron chi connectivity index (χ4n) is 4.64. The molecule has 9 nitrogen and oxygen atoms in total. The molecular formula is C25H31N5O4. The van der Waals surface area contributed by atoms with Gasteiger partial charge in [-0.2, -0.15) is 0 Å². The number of hydrogen-bond acceptors (Lipinski definition) is 6. The number of nitro benzene ring substituents is 1. The SMILES string of the molecule is O=C(NC1CCN(c2ccccc2C(=O)NCCN2CCCC2)CC1)c1ccc([N+](=O)[O-])cc1. The molecule has 4 rings (SSSR count). The minimum absolute atomic E-state index is 0.0143. The first-order valence-corrected chi connectivity index (χ1v) is 11.9. The molecule has 0 atom stereocenters. The molecule has 0 spiro atoms. The van der Waals surface area contributed by atoms with Crippen molar-refractivity contribution in [1.82, 2.24) is 15.5 Å². The van der Waals surface area contributed by atoms with E-state index in [9.17, 15) is 19.7 Å². The van der Waals surface area contributed by atoms with Gasteiger partial charge in [0, 0.05) is 55.6 Å². The Labute approximate surface area is 199 Å². The topological polar surface area (TPSA) is 108 Å². The Morgan fingerprint density at radius 1 is 0.941 bits per heavy atom. The highest BCUT2D eigenvalue weighted by molar-refractivity contribution is 5.99. The predicted octanol–water partition coefficient (Wildman–Crippen LogP) is 2.82. The molecule has 2 aliphatic rings. The molecule has 2 amide bonds. The minimum Gasteiger partial charge on any atom is -0.371 e. The third-order valence-electron chi connectivity index (χ3n) is 6.57. The quantitative estimate of drug-likeness (QED) is 0.459. The lowest BCUT2D eigenvalue weighted by Gasteiger charge is -2.35. The molecule has 2 aliphatic heterocycles. The Balaban J connectivity index is 1.29. The Kier molecular flexibility index (Phi) is 7.74. The second kappa shape index (κ2) is 11.1. The van der Waals surface area contributed by atoms with E-state index in [1.54, 1.807) is 0 Å². The number of nitrogens with zero attached hydrogens (tertiary/aromatic N) is 3. The van der Waals surface area contributed by atoms with E-state index in [1.165, 1.54) is 37.1 Å². The fourth-order valence-corrected chi connectivity index (χ4v) is 4.64. The fraction of sp³-hybridized carbons (Fsp3) is 0.440. The zero-order valence-electron chi connectivity index (χ0n) is 19.2. The summed E-state index contributed by atoms with van der Waals surface area (Å²) in [6, 6.07) is 13.3. The van der Waals surface area contributed by atoms with Crippen LogP contribution >= 0.6 is 0 Å². The molecule has 2 aromatic carbocycles. The number of para-hydroxylation sites is 1. The Bertz CT molecular complexity index is 1010. The van der Waals surface area contributed by atoms with Gasteiger partial charge in [0.15, 0.2) is 0 Å². The number of rotatable bonds is 8. The van der Waals surface area contributed by atoms with Gasteiger partial charge in [0.1, 0.15) is 0 Å². The summed E-state index contributed by atoms with van der Waals surface area (Å²) in [6.07, 6.45) is 3.98. The molecule has 0 aromatic heterocycles. The lowest BCUT2D eigenvalue weighted by molar-refractivity contribution is -0.384. The first-order valence-electron chi connectivity index (χ1n) is 11.9. The highest BCUT2D eigenvalue weighted by Gasteiger charge is 2.24. The zero-order valence-corrected chi connectivity index (χ0v) is 19.2. The average Bonchev–Trinajstić information content (AvgIpc) is 3.38. The van der Waals surface area contributed by atoms with E-state index in [0.717, 1.165) is 51.3 Å². The number of nitro groups is 1. The molecule has 2 aromatic rings. The van der Waals surface area contributed by atoms with Crippen LogP contribution in [0.15, 0.2) is 48.5 Å². The van der Waals surface area contributed by atoms with E-state index in [-0.39, 0.29) is 23.5 Å². The van der Waals surface area contributed by atoms with Crippen LogP contribution in [0.5, 0.6) is 0 Å². The highest BCUT2D eigenvalue weighted by Crippen LogP contribution is 2.24. The third-order valence-corrected chi connectivity index (χ3v) is 6.57. The summed E-state index contributed by atoms with van der Waals surface area (Å²) in [7, 11) is 0. The Morgan fingerprint density at radius 3 is 2.29 bits per heavy atom. The molecule has 0 unspecified atom stereocenters. The van der Waals surface area contributed by atoms with E-state index in [2.05, 4.69) is 20.4 Å². The molecule has 0 saturated carbocycles. The van der Waals surface area contributed by atoms with E-state index >= 15 is 0 Å². The van der Waals surface area contributed by atoms with Gasteiger partial charge in [-0.05, 0) is 63.0 Å². The first-order chi connectivity index (χ1) is 16.5. The minimum atomic E-state index is -0.483. The lowest BCUT2D eigenvalue weighted by atomic mass is 10.0. The summed E-state index contributed by atoms with van der Waals surface area (Å²) in [4.78, 5) is 40.3. The number of benzene rings is 2. The average molecular weight is 466 g/mol. The van der Waals surface area contributed by atoms with Crippen molar-refractivity contribution in [1.29, 1.82) is 0 Å². The third kappa shape index (κ3) is 5.91. The summed E-state index contributed by atoms with van der Waals surface area (Å²) >= 11 is 0. The number of amides is 2. The van der Waals surface area contributed by atoms with Gasteiger partial charge in [-0.15, -0.1) is 0 Å². The first kappa shape index (κ1) is 23.7. The number of likely N-dealkylation sites (tertiary alicyclic amines) is 1. The lowest BCUT2D eigenvalue weighted by Crippen LogP contribution is -2.45. The molecule has 2 fully saturated rings. The predicted molar refractivity (Wildman–Crippen MR) is 130 cm³/mol. The maximum Gasteiger partial charge on any atom is 0.269 e. The van der Waals surface area contributed by atoms with Crippen LogP contribution in [-0.2, 0) is 0 Å². The van der Waals surface area contributed by atoms with Crippen LogP contribution in [0, 0.1) is 10.1 Å². The Hall–Kier alpha value is -3.46. The molecule has 2 saturated heterocycles. The summed E-state index contributed by atoms with van der Waals surface area (Å²) in [5.41, 5.74) is 1.96. The molecule has 180 valence electrons. The van der Waals surface area contributed by atoms with Crippen LogP contribution in [0.1, 0.15) is 46.4 Å². The van der Waals surface area contributed by atoms with Gasteiger partial charge in [-0.1, -0.05) is 12.1 Å². The highest BCUT2D eigenvalue weighted by atomic mass is 16.6. The summed E-state index contributed by atoms with van der Waals surface area (Å²) in [5.74, 6) is -0.283. The molecule has 0 bridgehead atoms. The van der Waals surface area contributed by atoms with Crippen molar-refractivity contribution >= 4 is 23.2 Å². The normalized spacial score (nSPS) is 16.9. The standard InChI is InChI=1S/C25H31N5O4/c31-24(19-7-9-21(10-8-19)30(33)34)27-20-11-16-29(17-12-20)23-6-2-1-5-22(23)25(32)26-13-18-28-14-3-4-15-28/h1-2,5-10,20H,3-4,11-18H2,(H,26,32)(H,27,31). The summed E-state index contributed by atoms with van der Waals surface area (Å²) < 4.78 is 0. The number of non-ortho nitro benzene ring substituents is 1. The second-order valence-corrected chi connectivity index (χ2v) is 8.86. The number of anilines is 1. The van der Waals surface area contributed by atoms with Gasteiger partial charge in [0.2, 0.25) is 0 Å². The van der Waals surface area contributed by atoms with Crippen LogP contribution < -0.4 is 15.5 Å². The number of carbonyl (C=O) groups excluding carboxylic acids is 2. The second-order valence-electron chi connectivity index (χ2n) is 8.86. The molecule has 0 radical (unpaired) electrons. The summed E-state index contributed by atoms with van der Waals surface area (Å²) in [6.45, 7) is 5.20. The van der Waals surface area contributed by atoms with Crippen LogP contribution in [0.3, 0.4) is 0 Å². The maximum absolute atomic E-state index is 12.9. The van der Waals surface area contributed by atoms with Crippen molar-refractivity contribution in [3.63, 3.8) is 0 Å². The number of hydrogen-bond donors (Lipinski definition) is 2. The van der Waals surface area contributed by atoms with Crippen molar-refractivity contribution in [3.05, 3.63) is 69.8 Å². The molecule has 34 heavy (non-hydrogen) atoms. The largest absolute Gasteiger partial charge is 0.371 e. The van der Waals surface area contributed by atoms with Gasteiger partial charge in [-0.3, -0.25) is 19.7 Å².